The Morgan fingerprint density at radius 2 is 2.00 bits per heavy atom. The zero-order valence-electron chi connectivity index (χ0n) is 13.6. The number of methoxy groups -OCH3 is 1. The molecule has 2 rings (SSSR count). The van der Waals surface area contributed by atoms with E-state index in [0.717, 1.165) is 6.42 Å². The Bertz CT molecular complexity index is 643. The number of benzene rings is 1. The highest BCUT2D eigenvalue weighted by atomic mass is 32.2. The van der Waals surface area contributed by atoms with Gasteiger partial charge in [0.15, 0.2) is 9.84 Å². The lowest BCUT2D eigenvalue weighted by Crippen LogP contribution is -2.34. The summed E-state index contributed by atoms with van der Waals surface area (Å²) in [7, 11) is -1.91. The van der Waals surface area contributed by atoms with Crippen LogP contribution in [0, 0.1) is 5.92 Å². The predicted molar refractivity (Wildman–Crippen MR) is 88.0 cm³/mol. The summed E-state index contributed by atoms with van der Waals surface area (Å²) in [6.45, 7) is 3.39. The number of nitrogens with two attached hydrogens (primary N) is 1. The van der Waals surface area contributed by atoms with Gasteiger partial charge in [-0.3, -0.25) is 4.79 Å². The van der Waals surface area contributed by atoms with Gasteiger partial charge in [-0.25, -0.2) is 8.42 Å². The van der Waals surface area contributed by atoms with E-state index in [1.54, 1.807) is 12.1 Å². The summed E-state index contributed by atoms with van der Waals surface area (Å²) < 4.78 is 29.0. The van der Waals surface area contributed by atoms with Crippen molar-refractivity contribution in [3.05, 3.63) is 29.8 Å². The molecule has 2 unspecified atom stereocenters. The maximum absolute atomic E-state index is 12.6. The summed E-state index contributed by atoms with van der Waals surface area (Å²) in [6, 6.07) is 6.27. The van der Waals surface area contributed by atoms with E-state index in [0.29, 0.717) is 24.6 Å². The maximum atomic E-state index is 12.6. The zero-order chi connectivity index (χ0) is 17.0. The van der Waals surface area contributed by atoms with Crippen LogP contribution in [-0.4, -0.2) is 57.8 Å². The fourth-order valence-electron chi connectivity index (χ4n) is 2.88. The van der Waals surface area contributed by atoms with Gasteiger partial charge in [0, 0.05) is 25.3 Å². The molecule has 1 aromatic rings. The van der Waals surface area contributed by atoms with E-state index < -0.39 is 9.84 Å². The summed E-state index contributed by atoms with van der Waals surface area (Å²) in [5, 5.41) is 0. The number of rotatable bonds is 6. The fraction of sp³-hybridized carbons (Fsp3) is 0.562. The van der Waals surface area contributed by atoms with Gasteiger partial charge in [-0.1, -0.05) is 0 Å². The van der Waals surface area contributed by atoms with Crippen molar-refractivity contribution in [2.45, 2.75) is 24.3 Å². The lowest BCUT2D eigenvalue weighted by molar-refractivity contribution is 0.0743. The minimum absolute atomic E-state index is 0.0713. The third kappa shape index (κ3) is 4.10. The van der Waals surface area contributed by atoms with Crippen molar-refractivity contribution >= 4 is 15.7 Å². The van der Waals surface area contributed by atoms with Gasteiger partial charge in [-0.15, -0.1) is 0 Å². The van der Waals surface area contributed by atoms with Gasteiger partial charge in [-0.05, 0) is 50.1 Å². The molecular weight excluding hydrogens is 316 g/mol. The second-order valence-electron chi connectivity index (χ2n) is 5.98. The molecule has 1 heterocycles. The molecule has 1 fully saturated rings. The smallest absolute Gasteiger partial charge is 0.254 e. The van der Waals surface area contributed by atoms with Crippen molar-refractivity contribution in [2.24, 2.45) is 11.7 Å². The van der Waals surface area contributed by atoms with Gasteiger partial charge < -0.3 is 15.4 Å². The third-order valence-corrected chi connectivity index (χ3v) is 5.97. The van der Waals surface area contributed by atoms with Crippen molar-refractivity contribution in [1.29, 1.82) is 0 Å². The fourth-order valence-corrected chi connectivity index (χ4v) is 4.05. The standard InChI is InChI=1S/C16H24N2O4S/c1-12-9-13(10-17)11-18(12)16(19)14-3-5-15(6-4-14)23(20,21)8-7-22-2/h3-6,12-13H,7-11,17H2,1-2H3. The molecule has 1 aliphatic rings. The molecule has 0 radical (unpaired) electrons. The second kappa shape index (κ2) is 7.42. The molecule has 0 aliphatic carbocycles. The number of ether oxygens (including phenoxy) is 1. The van der Waals surface area contributed by atoms with E-state index in [-0.39, 0.29) is 29.2 Å². The molecule has 0 aromatic heterocycles. The normalized spacial score (nSPS) is 21.6. The first-order valence-electron chi connectivity index (χ1n) is 7.72. The molecule has 128 valence electrons. The number of sulfone groups is 1. The number of carbonyl (C=O) groups excluding carboxylic acids is 1. The van der Waals surface area contributed by atoms with Crippen LogP contribution in [0.1, 0.15) is 23.7 Å². The average Bonchev–Trinajstić information content (AvgIpc) is 2.93. The van der Waals surface area contributed by atoms with E-state index in [1.165, 1.54) is 19.2 Å². The van der Waals surface area contributed by atoms with Crippen LogP contribution in [-0.2, 0) is 14.6 Å². The highest BCUT2D eigenvalue weighted by molar-refractivity contribution is 7.91. The number of nitrogens with zero attached hydrogens (tertiary/aromatic N) is 1. The molecule has 1 aromatic carbocycles. The van der Waals surface area contributed by atoms with Gasteiger partial charge in [-0.2, -0.15) is 0 Å². The Balaban J connectivity index is 2.12. The van der Waals surface area contributed by atoms with Crippen molar-refractivity contribution in [2.75, 3.05) is 32.6 Å². The minimum Gasteiger partial charge on any atom is -0.384 e. The molecule has 1 aliphatic heterocycles. The number of hydrogen-bond donors (Lipinski definition) is 1. The first-order valence-corrected chi connectivity index (χ1v) is 9.37. The summed E-state index contributed by atoms with van der Waals surface area (Å²) in [5.41, 5.74) is 6.19. The van der Waals surface area contributed by atoms with Crippen LogP contribution >= 0.6 is 0 Å². The average molecular weight is 340 g/mol. The van der Waals surface area contributed by atoms with Crippen LogP contribution in [0.15, 0.2) is 29.2 Å². The van der Waals surface area contributed by atoms with Crippen LogP contribution in [0.4, 0.5) is 0 Å². The molecule has 7 heteroatoms. The zero-order valence-corrected chi connectivity index (χ0v) is 14.4. The minimum atomic E-state index is -3.37. The van der Waals surface area contributed by atoms with Crippen molar-refractivity contribution < 1.29 is 17.9 Å². The molecular formula is C16H24N2O4S. The highest BCUT2D eigenvalue weighted by Crippen LogP contribution is 2.24. The number of hydrogen-bond acceptors (Lipinski definition) is 5. The van der Waals surface area contributed by atoms with E-state index in [9.17, 15) is 13.2 Å². The largest absolute Gasteiger partial charge is 0.384 e. The molecule has 6 nitrogen and oxygen atoms in total. The summed E-state index contributed by atoms with van der Waals surface area (Å²) in [4.78, 5) is 14.6. The summed E-state index contributed by atoms with van der Waals surface area (Å²) in [6.07, 6.45) is 0.908. The Kier molecular flexibility index (Phi) is 5.78. The highest BCUT2D eigenvalue weighted by Gasteiger charge is 2.32. The van der Waals surface area contributed by atoms with Gasteiger partial charge in [0.25, 0.3) is 5.91 Å². The quantitative estimate of drug-likeness (QED) is 0.831. The molecule has 2 atom stereocenters. The Morgan fingerprint density at radius 3 is 2.52 bits per heavy atom. The predicted octanol–water partition coefficient (Wildman–Crippen LogP) is 0.916. The molecule has 0 spiro atoms. The molecule has 1 saturated heterocycles. The Hall–Kier alpha value is -1.44. The van der Waals surface area contributed by atoms with E-state index >= 15 is 0 Å². The van der Waals surface area contributed by atoms with Crippen LogP contribution in [0.25, 0.3) is 0 Å². The number of amides is 1. The van der Waals surface area contributed by atoms with Gasteiger partial charge in [0.2, 0.25) is 0 Å². The van der Waals surface area contributed by atoms with Gasteiger partial charge in [0.1, 0.15) is 0 Å². The van der Waals surface area contributed by atoms with Crippen LogP contribution in [0.2, 0.25) is 0 Å². The second-order valence-corrected chi connectivity index (χ2v) is 8.09. The molecule has 1 amide bonds. The Morgan fingerprint density at radius 1 is 1.35 bits per heavy atom. The molecule has 0 saturated carbocycles. The third-order valence-electron chi connectivity index (χ3n) is 4.27. The Labute approximate surface area is 137 Å². The number of carbonyl (C=O) groups is 1. The molecule has 2 N–H and O–H groups in total. The van der Waals surface area contributed by atoms with Crippen molar-refractivity contribution in [1.82, 2.24) is 4.90 Å². The molecule has 23 heavy (non-hydrogen) atoms. The maximum Gasteiger partial charge on any atom is 0.254 e. The summed E-state index contributed by atoms with van der Waals surface area (Å²) >= 11 is 0. The van der Waals surface area contributed by atoms with E-state index in [1.807, 2.05) is 11.8 Å². The van der Waals surface area contributed by atoms with E-state index in [4.69, 9.17) is 10.5 Å². The molecule has 0 bridgehead atoms. The van der Waals surface area contributed by atoms with Crippen LogP contribution in [0.5, 0.6) is 0 Å². The van der Waals surface area contributed by atoms with Gasteiger partial charge in [0.05, 0.1) is 17.3 Å². The SMILES string of the molecule is COCCS(=O)(=O)c1ccc(C(=O)N2CC(CN)CC2C)cc1. The lowest BCUT2D eigenvalue weighted by Gasteiger charge is -2.21. The van der Waals surface area contributed by atoms with Crippen molar-refractivity contribution in [3.8, 4) is 0 Å². The van der Waals surface area contributed by atoms with Gasteiger partial charge >= 0.3 is 0 Å². The topological polar surface area (TPSA) is 89.7 Å². The van der Waals surface area contributed by atoms with Crippen LogP contribution < -0.4 is 5.73 Å². The first-order chi connectivity index (χ1) is 10.9. The number of likely N-dealkylation sites (tertiary alicyclic amines) is 1. The first kappa shape index (κ1) is 17.9. The summed E-state index contributed by atoms with van der Waals surface area (Å²) in [5.74, 6) is 0.190. The van der Waals surface area contributed by atoms with Crippen LogP contribution in [0.3, 0.4) is 0 Å². The lowest BCUT2D eigenvalue weighted by atomic mass is 10.1. The van der Waals surface area contributed by atoms with Crippen molar-refractivity contribution in [3.63, 3.8) is 0 Å². The monoisotopic (exact) mass is 340 g/mol. The van der Waals surface area contributed by atoms with E-state index in [2.05, 4.69) is 0 Å².